The number of aromatic nitrogens is 2. The highest BCUT2D eigenvalue weighted by molar-refractivity contribution is 7.17. The molecule has 0 saturated carbocycles. The minimum absolute atomic E-state index is 0.0109. The van der Waals surface area contributed by atoms with Crippen molar-refractivity contribution in [2.75, 3.05) is 25.1 Å². The summed E-state index contributed by atoms with van der Waals surface area (Å²) in [5.74, 6) is 1.13. The van der Waals surface area contributed by atoms with Crippen LogP contribution in [0.15, 0.2) is 58.7 Å². The number of nitrogens with one attached hydrogen (secondary N) is 2. The molecule has 1 aliphatic rings. The van der Waals surface area contributed by atoms with Crippen LogP contribution >= 0.6 is 11.3 Å². The lowest BCUT2D eigenvalue weighted by Crippen LogP contribution is -2.44. The summed E-state index contributed by atoms with van der Waals surface area (Å²) in [7, 11) is 1.63. The number of hydrogen-bond acceptors (Lipinski definition) is 6. The van der Waals surface area contributed by atoms with Crippen LogP contribution in [0.25, 0.3) is 21.3 Å². The van der Waals surface area contributed by atoms with Gasteiger partial charge < -0.3 is 15.0 Å². The fourth-order valence-corrected chi connectivity index (χ4v) is 5.41. The van der Waals surface area contributed by atoms with Crippen LogP contribution in [0.2, 0.25) is 0 Å². The van der Waals surface area contributed by atoms with E-state index >= 15 is 0 Å². The Morgan fingerprint density at radius 2 is 2.09 bits per heavy atom. The van der Waals surface area contributed by atoms with E-state index in [2.05, 4.69) is 41.5 Å². The number of aromatic amines is 1. The van der Waals surface area contributed by atoms with E-state index < -0.39 is 0 Å². The second-order valence-corrected chi connectivity index (χ2v) is 9.82. The Morgan fingerprint density at radius 3 is 2.89 bits per heavy atom. The summed E-state index contributed by atoms with van der Waals surface area (Å²) >= 11 is 1.41. The van der Waals surface area contributed by atoms with E-state index in [1.807, 2.05) is 34.5 Å². The number of fused-ring (bicyclic) bond motifs is 1. The molecule has 2 aromatic heterocycles. The third kappa shape index (κ3) is 4.93. The minimum Gasteiger partial charge on any atom is -0.497 e. The molecule has 1 saturated heterocycles. The average Bonchev–Trinajstić information content (AvgIpc) is 3.32. The van der Waals surface area contributed by atoms with Gasteiger partial charge in [-0.25, -0.2) is 4.98 Å². The zero-order valence-corrected chi connectivity index (χ0v) is 20.7. The van der Waals surface area contributed by atoms with Gasteiger partial charge in [0.05, 0.1) is 18.5 Å². The van der Waals surface area contributed by atoms with E-state index in [4.69, 9.17) is 9.72 Å². The molecule has 1 amide bonds. The normalized spacial score (nSPS) is 15.8. The molecule has 3 heterocycles. The van der Waals surface area contributed by atoms with Crippen molar-refractivity contribution in [2.24, 2.45) is 5.92 Å². The second kappa shape index (κ2) is 9.92. The third-order valence-electron chi connectivity index (χ3n) is 6.47. The Kier molecular flexibility index (Phi) is 6.55. The molecule has 8 heteroatoms. The molecule has 4 aromatic rings. The number of piperidine rings is 1. The van der Waals surface area contributed by atoms with Crippen molar-refractivity contribution in [3.8, 4) is 16.9 Å². The zero-order valence-electron chi connectivity index (χ0n) is 19.8. The lowest BCUT2D eigenvalue weighted by atomic mass is 9.97. The summed E-state index contributed by atoms with van der Waals surface area (Å²) in [5.41, 5.74) is 4.74. The van der Waals surface area contributed by atoms with E-state index in [1.54, 1.807) is 7.11 Å². The number of hydrogen-bond donors (Lipinski definition) is 2. The molecule has 180 valence electrons. The smallest absolute Gasteiger partial charge is 0.270 e. The average molecular weight is 489 g/mol. The maximum atomic E-state index is 12.9. The SMILES string of the molecule is COc1cccc(CNC(=O)[C@@H]2CCCN(c3nc4c(-c5ccc(C)cc5)csc4c(=O)[nH]3)C2)c1. The van der Waals surface area contributed by atoms with Gasteiger partial charge in [-0.1, -0.05) is 42.0 Å². The fourth-order valence-electron chi connectivity index (χ4n) is 4.50. The number of thiophene rings is 1. The molecule has 35 heavy (non-hydrogen) atoms. The Morgan fingerprint density at radius 1 is 1.26 bits per heavy atom. The molecule has 2 aromatic carbocycles. The number of rotatable bonds is 6. The van der Waals surface area contributed by atoms with Gasteiger partial charge in [0.2, 0.25) is 11.9 Å². The van der Waals surface area contributed by atoms with Crippen molar-refractivity contribution in [3.05, 3.63) is 75.4 Å². The topological polar surface area (TPSA) is 87.3 Å². The fraction of sp³-hybridized carbons (Fsp3) is 0.296. The van der Waals surface area contributed by atoms with E-state index in [-0.39, 0.29) is 17.4 Å². The van der Waals surface area contributed by atoms with Gasteiger partial charge in [0.25, 0.3) is 5.56 Å². The Labute approximate surface area is 207 Å². The largest absolute Gasteiger partial charge is 0.497 e. The van der Waals surface area contributed by atoms with Crippen LogP contribution in [0.1, 0.15) is 24.0 Å². The first-order valence-electron chi connectivity index (χ1n) is 11.8. The minimum atomic E-state index is -0.172. The third-order valence-corrected chi connectivity index (χ3v) is 7.44. The number of carbonyl (C=O) groups is 1. The number of methoxy groups -OCH3 is 1. The molecule has 1 atom stereocenters. The highest BCUT2D eigenvalue weighted by Gasteiger charge is 2.27. The van der Waals surface area contributed by atoms with Crippen LogP contribution in [0.5, 0.6) is 5.75 Å². The van der Waals surface area contributed by atoms with Gasteiger partial charge in [-0.15, -0.1) is 11.3 Å². The van der Waals surface area contributed by atoms with Crippen LogP contribution in [0.3, 0.4) is 0 Å². The van der Waals surface area contributed by atoms with Gasteiger partial charge in [0.15, 0.2) is 0 Å². The standard InChI is InChI=1S/C27H28N4O3S/c1-17-8-10-19(11-9-17)22-16-35-24-23(22)29-27(30-26(24)33)31-12-4-6-20(15-31)25(32)28-14-18-5-3-7-21(13-18)34-2/h3,5,7-11,13,16,20H,4,6,12,14-15H2,1-2H3,(H,28,32)(H,29,30,33)/t20-/m1/s1. The molecule has 1 fully saturated rings. The second-order valence-electron chi connectivity index (χ2n) is 8.94. The first-order valence-corrected chi connectivity index (χ1v) is 12.6. The highest BCUT2D eigenvalue weighted by atomic mass is 32.1. The van der Waals surface area contributed by atoms with E-state index in [1.165, 1.54) is 16.9 Å². The van der Waals surface area contributed by atoms with Gasteiger partial charge in [0, 0.05) is 30.6 Å². The summed E-state index contributed by atoms with van der Waals surface area (Å²) in [6.07, 6.45) is 1.66. The summed E-state index contributed by atoms with van der Waals surface area (Å²) in [5, 5.41) is 5.04. The lowest BCUT2D eigenvalue weighted by Gasteiger charge is -2.32. The van der Waals surface area contributed by atoms with Crippen molar-refractivity contribution in [2.45, 2.75) is 26.3 Å². The molecule has 0 spiro atoms. The van der Waals surface area contributed by atoms with Crippen LogP contribution in [-0.2, 0) is 11.3 Å². The van der Waals surface area contributed by atoms with Crippen molar-refractivity contribution >= 4 is 33.4 Å². The number of carbonyl (C=O) groups excluding carboxylic acids is 1. The van der Waals surface area contributed by atoms with Crippen molar-refractivity contribution in [3.63, 3.8) is 0 Å². The molecule has 0 aliphatic carbocycles. The van der Waals surface area contributed by atoms with Gasteiger partial charge in [-0.05, 0) is 43.0 Å². The van der Waals surface area contributed by atoms with E-state index in [0.717, 1.165) is 41.8 Å². The van der Waals surface area contributed by atoms with Gasteiger partial charge in [-0.2, -0.15) is 0 Å². The van der Waals surface area contributed by atoms with E-state index in [0.29, 0.717) is 29.3 Å². The molecular formula is C27H28N4O3S. The molecule has 2 N–H and O–H groups in total. The maximum absolute atomic E-state index is 12.9. The number of ether oxygens (including phenoxy) is 1. The summed E-state index contributed by atoms with van der Waals surface area (Å²) in [4.78, 5) is 35.6. The molecule has 0 radical (unpaired) electrons. The first-order chi connectivity index (χ1) is 17.0. The number of H-pyrrole nitrogens is 1. The number of anilines is 1. The zero-order chi connectivity index (χ0) is 24.4. The predicted molar refractivity (Wildman–Crippen MR) is 140 cm³/mol. The van der Waals surface area contributed by atoms with Crippen LogP contribution in [0, 0.1) is 12.8 Å². The lowest BCUT2D eigenvalue weighted by molar-refractivity contribution is -0.125. The van der Waals surface area contributed by atoms with Crippen molar-refractivity contribution in [1.29, 1.82) is 0 Å². The van der Waals surface area contributed by atoms with E-state index in [9.17, 15) is 9.59 Å². The molecule has 0 unspecified atom stereocenters. The number of nitrogens with zero attached hydrogens (tertiary/aromatic N) is 2. The van der Waals surface area contributed by atoms with Gasteiger partial charge >= 0.3 is 0 Å². The molecule has 1 aliphatic heterocycles. The Hall–Kier alpha value is -3.65. The molecule has 0 bridgehead atoms. The Balaban J connectivity index is 1.34. The van der Waals surface area contributed by atoms with Gasteiger partial charge in [0.1, 0.15) is 10.4 Å². The maximum Gasteiger partial charge on any atom is 0.270 e. The first kappa shape index (κ1) is 23.1. The molecular weight excluding hydrogens is 460 g/mol. The van der Waals surface area contributed by atoms with Crippen LogP contribution in [-0.4, -0.2) is 36.1 Å². The monoisotopic (exact) mass is 488 g/mol. The predicted octanol–water partition coefficient (Wildman–Crippen LogP) is 4.50. The van der Waals surface area contributed by atoms with Crippen LogP contribution < -0.4 is 20.5 Å². The number of benzene rings is 2. The van der Waals surface area contributed by atoms with Crippen molar-refractivity contribution < 1.29 is 9.53 Å². The number of aryl methyl sites for hydroxylation is 1. The number of amides is 1. The molecule has 7 nitrogen and oxygen atoms in total. The highest BCUT2D eigenvalue weighted by Crippen LogP contribution is 2.32. The summed E-state index contributed by atoms with van der Waals surface area (Å²) < 4.78 is 5.88. The Bertz CT molecular complexity index is 1410. The van der Waals surface area contributed by atoms with Gasteiger partial charge in [-0.3, -0.25) is 14.6 Å². The quantitative estimate of drug-likeness (QED) is 0.417. The summed E-state index contributed by atoms with van der Waals surface area (Å²) in [6, 6.07) is 15.9. The van der Waals surface area contributed by atoms with Crippen molar-refractivity contribution in [1.82, 2.24) is 15.3 Å². The summed E-state index contributed by atoms with van der Waals surface area (Å²) in [6.45, 7) is 3.76. The molecule has 5 rings (SSSR count). The van der Waals surface area contributed by atoms with Crippen LogP contribution in [0.4, 0.5) is 5.95 Å².